The van der Waals surface area contributed by atoms with E-state index in [1.54, 1.807) is 22.8 Å². The van der Waals surface area contributed by atoms with Crippen molar-refractivity contribution in [2.24, 2.45) is 0 Å². The van der Waals surface area contributed by atoms with Crippen LogP contribution in [0.5, 0.6) is 0 Å². The second-order valence-corrected chi connectivity index (χ2v) is 5.46. The second kappa shape index (κ2) is 4.49. The Morgan fingerprint density at radius 2 is 2.24 bits per heavy atom. The minimum Gasteiger partial charge on any atom is -0.298 e. The zero-order chi connectivity index (χ0) is 11.7. The van der Waals surface area contributed by atoms with E-state index in [4.69, 9.17) is 0 Å². The van der Waals surface area contributed by atoms with Gasteiger partial charge in [-0.2, -0.15) is 16.9 Å². The molecule has 0 spiro atoms. The smallest absolute Gasteiger partial charge is 0.156 e. The standard InChI is InChI=1S/C12H13N3OS/c16-8-9-1-4-15-11(7-9)13-12(14-15)10-2-5-17-6-3-10/h1,4,7-8,10H,2-3,5-6H2. The zero-order valence-corrected chi connectivity index (χ0v) is 10.2. The van der Waals surface area contributed by atoms with Gasteiger partial charge in [0.25, 0.3) is 0 Å². The van der Waals surface area contributed by atoms with Crippen LogP contribution in [0.25, 0.3) is 5.65 Å². The van der Waals surface area contributed by atoms with Crippen LogP contribution in [0, 0.1) is 0 Å². The van der Waals surface area contributed by atoms with E-state index in [-0.39, 0.29) is 0 Å². The summed E-state index contributed by atoms with van der Waals surface area (Å²) >= 11 is 2.00. The number of rotatable bonds is 2. The molecule has 0 aromatic carbocycles. The Labute approximate surface area is 103 Å². The Hall–Kier alpha value is -1.36. The molecule has 3 rings (SSSR count). The van der Waals surface area contributed by atoms with Crippen LogP contribution in [0.1, 0.15) is 34.9 Å². The lowest BCUT2D eigenvalue weighted by molar-refractivity contribution is 0.112. The molecular weight excluding hydrogens is 234 g/mol. The molecule has 1 aliphatic rings. The fourth-order valence-corrected chi connectivity index (χ4v) is 3.22. The molecule has 2 aromatic rings. The molecule has 0 N–H and O–H groups in total. The minimum atomic E-state index is 0.482. The Morgan fingerprint density at radius 1 is 1.41 bits per heavy atom. The first kappa shape index (κ1) is 10.8. The van der Waals surface area contributed by atoms with Gasteiger partial charge in [0.05, 0.1) is 0 Å². The Morgan fingerprint density at radius 3 is 3.00 bits per heavy atom. The summed E-state index contributed by atoms with van der Waals surface area (Å²) in [6.45, 7) is 0. The summed E-state index contributed by atoms with van der Waals surface area (Å²) in [5.41, 5.74) is 1.42. The Balaban J connectivity index is 1.97. The van der Waals surface area contributed by atoms with Crippen molar-refractivity contribution in [1.29, 1.82) is 0 Å². The molecule has 17 heavy (non-hydrogen) atoms. The van der Waals surface area contributed by atoms with Crippen molar-refractivity contribution in [2.75, 3.05) is 11.5 Å². The van der Waals surface area contributed by atoms with Crippen LogP contribution >= 0.6 is 11.8 Å². The fourth-order valence-electron chi connectivity index (χ4n) is 2.12. The SMILES string of the molecule is O=Cc1ccn2nc(C3CCSCC3)nc2c1. The predicted molar refractivity (Wildman–Crippen MR) is 67.7 cm³/mol. The van der Waals surface area contributed by atoms with Crippen LogP contribution in [-0.4, -0.2) is 32.4 Å². The van der Waals surface area contributed by atoms with Gasteiger partial charge in [-0.05, 0) is 36.5 Å². The summed E-state index contributed by atoms with van der Waals surface area (Å²) in [7, 11) is 0. The zero-order valence-electron chi connectivity index (χ0n) is 9.37. The maximum absolute atomic E-state index is 10.7. The van der Waals surface area contributed by atoms with Gasteiger partial charge in [-0.3, -0.25) is 4.79 Å². The van der Waals surface area contributed by atoms with E-state index >= 15 is 0 Å². The molecule has 4 nitrogen and oxygen atoms in total. The monoisotopic (exact) mass is 247 g/mol. The third-order valence-electron chi connectivity index (χ3n) is 3.10. The van der Waals surface area contributed by atoms with Gasteiger partial charge in [0.1, 0.15) is 6.29 Å². The maximum atomic E-state index is 10.7. The number of fused-ring (bicyclic) bond motifs is 1. The van der Waals surface area contributed by atoms with Crippen molar-refractivity contribution in [2.45, 2.75) is 18.8 Å². The van der Waals surface area contributed by atoms with E-state index in [0.29, 0.717) is 11.5 Å². The molecule has 88 valence electrons. The molecule has 1 aliphatic heterocycles. The van der Waals surface area contributed by atoms with Crippen molar-refractivity contribution in [1.82, 2.24) is 14.6 Å². The number of carbonyl (C=O) groups excluding carboxylic acids is 1. The van der Waals surface area contributed by atoms with Gasteiger partial charge in [-0.25, -0.2) is 9.50 Å². The highest BCUT2D eigenvalue weighted by Gasteiger charge is 2.20. The van der Waals surface area contributed by atoms with Gasteiger partial charge in [-0.1, -0.05) is 0 Å². The largest absolute Gasteiger partial charge is 0.298 e. The number of aromatic nitrogens is 3. The number of hydrogen-bond donors (Lipinski definition) is 0. The lowest BCUT2D eigenvalue weighted by Crippen LogP contribution is -2.09. The Kier molecular flexibility index (Phi) is 2.84. The van der Waals surface area contributed by atoms with Crippen LogP contribution in [-0.2, 0) is 0 Å². The van der Waals surface area contributed by atoms with E-state index < -0.39 is 0 Å². The first-order valence-electron chi connectivity index (χ1n) is 5.76. The molecule has 0 amide bonds. The molecule has 0 saturated carbocycles. The number of thioether (sulfide) groups is 1. The van der Waals surface area contributed by atoms with Crippen molar-refractivity contribution in [3.05, 3.63) is 29.7 Å². The van der Waals surface area contributed by atoms with Crippen molar-refractivity contribution in [3.8, 4) is 0 Å². The average molecular weight is 247 g/mol. The van der Waals surface area contributed by atoms with E-state index in [1.807, 2.05) is 11.8 Å². The van der Waals surface area contributed by atoms with Gasteiger partial charge < -0.3 is 0 Å². The summed E-state index contributed by atoms with van der Waals surface area (Å²) in [6, 6.07) is 3.54. The summed E-state index contributed by atoms with van der Waals surface area (Å²) in [4.78, 5) is 15.2. The highest BCUT2D eigenvalue weighted by molar-refractivity contribution is 7.99. The fraction of sp³-hybridized carbons (Fsp3) is 0.417. The van der Waals surface area contributed by atoms with Crippen molar-refractivity contribution >= 4 is 23.7 Å². The quantitative estimate of drug-likeness (QED) is 0.763. The molecule has 2 aromatic heterocycles. The normalized spacial score (nSPS) is 17.4. The number of aldehydes is 1. The van der Waals surface area contributed by atoms with Gasteiger partial charge in [0.15, 0.2) is 11.5 Å². The minimum absolute atomic E-state index is 0.482. The highest BCUT2D eigenvalue weighted by atomic mass is 32.2. The summed E-state index contributed by atoms with van der Waals surface area (Å²) < 4.78 is 1.75. The third-order valence-corrected chi connectivity index (χ3v) is 4.15. The lowest BCUT2D eigenvalue weighted by atomic mass is 10.0. The van der Waals surface area contributed by atoms with E-state index in [2.05, 4.69) is 10.1 Å². The maximum Gasteiger partial charge on any atom is 0.156 e. The Bertz CT molecular complexity index is 546. The first-order valence-corrected chi connectivity index (χ1v) is 6.91. The van der Waals surface area contributed by atoms with Gasteiger partial charge in [-0.15, -0.1) is 0 Å². The summed E-state index contributed by atoms with van der Waals surface area (Å²) in [5.74, 6) is 3.80. The molecular formula is C12H13N3OS. The number of hydrogen-bond acceptors (Lipinski definition) is 4. The second-order valence-electron chi connectivity index (χ2n) is 4.24. The van der Waals surface area contributed by atoms with E-state index in [9.17, 15) is 4.79 Å². The van der Waals surface area contributed by atoms with Crippen LogP contribution in [0.2, 0.25) is 0 Å². The molecule has 1 saturated heterocycles. The summed E-state index contributed by atoms with van der Waals surface area (Å²) in [5, 5.41) is 4.49. The molecule has 3 heterocycles. The van der Waals surface area contributed by atoms with Gasteiger partial charge in [0, 0.05) is 17.7 Å². The van der Waals surface area contributed by atoms with Crippen molar-refractivity contribution in [3.63, 3.8) is 0 Å². The molecule has 1 fully saturated rings. The van der Waals surface area contributed by atoms with E-state index in [1.165, 1.54) is 11.5 Å². The van der Waals surface area contributed by atoms with Crippen LogP contribution in [0.3, 0.4) is 0 Å². The van der Waals surface area contributed by atoms with Crippen LogP contribution in [0.4, 0.5) is 0 Å². The van der Waals surface area contributed by atoms with Gasteiger partial charge in [0.2, 0.25) is 0 Å². The molecule has 0 bridgehead atoms. The molecule has 0 unspecified atom stereocenters. The number of pyridine rings is 1. The predicted octanol–water partition coefficient (Wildman–Crippen LogP) is 2.15. The van der Waals surface area contributed by atoms with Crippen molar-refractivity contribution < 1.29 is 4.79 Å². The van der Waals surface area contributed by atoms with E-state index in [0.717, 1.165) is 30.6 Å². The first-order chi connectivity index (χ1) is 8.36. The molecule has 0 radical (unpaired) electrons. The number of carbonyl (C=O) groups is 1. The average Bonchev–Trinajstić information content (AvgIpc) is 2.82. The van der Waals surface area contributed by atoms with Crippen LogP contribution < -0.4 is 0 Å². The van der Waals surface area contributed by atoms with Crippen LogP contribution in [0.15, 0.2) is 18.3 Å². The lowest BCUT2D eigenvalue weighted by Gasteiger charge is -2.17. The molecule has 0 atom stereocenters. The van der Waals surface area contributed by atoms with Gasteiger partial charge >= 0.3 is 0 Å². The summed E-state index contributed by atoms with van der Waals surface area (Å²) in [6.07, 6.45) is 4.95. The molecule has 0 aliphatic carbocycles. The third kappa shape index (κ3) is 2.07. The highest BCUT2D eigenvalue weighted by Crippen LogP contribution is 2.29. The molecule has 5 heteroatoms. The topological polar surface area (TPSA) is 47.3 Å². The number of nitrogens with zero attached hydrogens (tertiary/aromatic N) is 3.